The second-order valence-electron chi connectivity index (χ2n) is 10.1. The van der Waals surface area contributed by atoms with E-state index in [4.69, 9.17) is 28.2 Å². The summed E-state index contributed by atoms with van der Waals surface area (Å²) in [6.07, 6.45) is 4.25. The summed E-state index contributed by atoms with van der Waals surface area (Å²) in [6, 6.07) is 15.8. The number of aryl methyl sites for hydroxylation is 1. The van der Waals surface area contributed by atoms with Crippen LogP contribution in [0, 0.1) is 0 Å². The summed E-state index contributed by atoms with van der Waals surface area (Å²) >= 11 is 13.1. The number of hydrogen-bond donors (Lipinski definition) is 3. The maximum Gasteiger partial charge on any atom is 0.205 e. The molecule has 1 atom stereocenters. The number of tetrazole rings is 1. The maximum atomic E-state index is 10.3. The topological polar surface area (TPSA) is 131 Å². The summed E-state index contributed by atoms with van der Waals surface area (Å²) < 4.78 is 4.00. The first-order chi connectivity index (χ1) is 20.5. The Morgan fingerprint density at radius 2 is 1.60 bits per heavy atom. The average molecular weight is 610 g/mol. The van der Waals surface area contributed by atoms with Gasteiger partial charge >= 0.3 is 0 Å². The highest BCUT2D eigenvalue weighted by Gasteiger charge is 2.29. The molecule has 0 aliphatic carbocycles. The molecule has 0 aliphatic heterocycles. The molecule has 3 heterocycles. The molecule has 3 N–H and O–H groups in total. The molecule has 42 heavy (non-hydrogen) atoms. The van der Waals surface area contributed by atoms with Gasteiger partial charge in [0.05, 0.1) is 30.6 Å². The van der Waals surface area contributed by atoms with Crippen LogP contribution in [0.4, 0.5) is 0 Å². The second-order valence-corrected chi connectivity index (χ2v) is 10.8. The monoisotopic (exact) mass is 608 g/mol. The van der Waals surface area contributed by atoms with Crippen molar-refractivity contribution in [3.8, 4) is 22.5 Å². The lowest BCUT2D eigenvalue weighted by Gasteiger charge is -2.24. The number of hydrogen-bond acceptors (Lipinski definition) is 7. The van der Waals surface area contributed by atoms with Crippen LogP contribution in [0.25, 0.3) is 22.5 Å². The Kier molecular flexibility index (Phi) is 9.69. The zero-order valence-corrected chi connectivity index (χ0v) is 25.1. The molecule has 0 saturated carbocycles. The first-order valence-electron chi connectivity index (χ1n) is 14.1. The number of nitrogens with zero attached hydrogens (tertiary/aromatic N) is 7. The molecule has 220 valence electrons. The Labute approximate surface area is 254 Å². The van der Waals surface area contributed by atoms with E-state index >= 15 is 0 Å². The van der Waals surface area contributed by atoms with E-state index in [0.29, 0.717) is 34.7 Å². The molecule has 12 heteroatoms. The van der Waals surface area contributed by atoms with Gasteiger partial charge in [-0.05, 0) is 34.7 Å². The zero-order valence-electron chi connectivity index (χ0n) is 23.6. The predicted molar refractivity (Wildman–Crippen MR) is 162 cm³/mol. The summed E-state index contributed by atoms with van der Waals surface area (Å²) in [4.78, 5) is 9.37. The van der Waals surface area contributed by atoms with Gasteiger partial charge in [-0.1, -0.05) is 98.4 Å². The molecule has 0 amide bonds. The molecule has 0 radical (unpaired) electrons. The molecule has 0 fully saturated rings. The number of H-pyrrole nitrogens is 1. The fourth-order valence-electron chi connectivity index (χ4n) is 5.39. The van der Waals surface area contributed by atoms with E-state index in [1.165, 1.54) is 0 Å². The van der Waals surface area contributed by atoms with E-state index in [1.807, 2.05) is 33.4 Å². The van der Waals surface area contributed by atoms with Gasteiger partial charge in [0.25, 0.3) is 0 Å². The quantitative estimate of drug-likeness (QED) is 0.149. The fourth-order valence-corrected chi connectivity index (χ4v) is 5.89. The Morgan fingerprint density at radius 1 is 0.881 bits per heavy atom. The number of aromatic nitrogens is 8. The Bertz CT molecular complexity index is 1610. The fraction of sp³-hybridized carbons (Fsp3) is 0.367. The number of aliphatic hydroxyl groups excluding tert-OH is 2. The number of unbranched alkanes of at least 4 members (excludes halogenated alkanes) is 1. The normalized spacial score (nSPS) is 12.2. The lowest BCUT2D eigenvalue weighted by atomic mass is 9.98. The van der Waals surface area contributed by atoms with Crippen LogP contribution < -0.4 is 0 Å². The molecule has 2 aromatic carbocycles. The molecule has 1 unspecified atom stereocenters. The Hall–Kier alpha value is -3.57. The number of benzene rings is 2. The van der Waals surface area contributed by atoms with Gasteiger partial charge in [0, 0.05) is 18.5 Å². The van der Waals surface area contributed by atoms with Gasteiger partial charge in [-0.2, -0.15) is 5.21 Å². The van der Waals surface area contributed by atoms with E-state index < -0.39 is 0 Å². The summed E-state index contributed by atoms with van der Waals surface area (Å²) in [6.45, 7) is 4.16. The highest BCUT2D eigenvalue weighted by atomic mass is 35.5. The number of halogens is 2. The molecule has 3 aromatic heterocycles. The largest absolute Gasteiger partial charge is 0.390 e. The highest BCUT2D eigenvalue weighted by molar-refractivity contribution is 6.30. The lowest BCUT2D eigenvalue weighted by molar-refractivity contribution is 0.263. The molecule has 0 bridgehead atoms. The van der Waals surface area contributed by atoms with Crippen molar-refractivity contribution in [2.45, 2.75) is 71.8 Å². The first-order valence-corrected chi connectivity index (χ1v) is 14.9. The Balaban J connectivity index is 1.53. The second kappa shape index (κ2) is 13.6. The van der Waals surface area contributed by atoms with Crippen molar-refractivity contribution in [3.05, 3.63) is 87.4 Å². The molecule has 0 saturated heterocycles. The van der Waals surface area contributed by atoms with Gasteiger partial charge in [0.15, 0.2) is 10.3 Å². The number of aliphatic hydroxyl groups is 2. The van der Waals surface area contributed by atoms with Crippen molar-refractivity contribution < 1.29 is 10.2 Å². The van der Waals surface area contributed by atoms with Gasteiger partial charge in [0.2, 0.25) is 5.82 Å². The summed E-state index contributed by atoms with van der Waals surface area (Å²) in [5.41, 5.74) is 4.98. The van der Waals surface area contributed by atoms with Gasteiger partial charge in [-0.3, -0.25) is 0 Å². The van der Waals surface area contributed by atoms with Crippen LogP contribution in [0.3, 0.4) is 0 Å². The number of imidazole rings is 2. The third kappa shape index (κ3) is 5.98. The third-order valence-corrected chi connectivity index (χ3v) is 8.04. The van der Waals surface area contributed by atoms with Crippen LogP contribution in [-0.4, -0.2) is 49.9 Å². The third-order valence-electron chi connectivity index (χ3n) is 7.43. The van der Waals surface area contributed by atoms with Crippen molar-refractivity contribution in [2.24, 2.45) is 0 Å². The van der Waals surface area contributed by atoms with E-state index in [0.717, 1.165) is 60.2 Å². The van der Waals surface area contributed by atoms with Crippen molar-refractivity contribution in [2.75, 3.05) is 0 Å². The molecule has 0 aliphatic rings. The minimum Gasteiger partial charge on any atom is -0.390 e. The SMILES string of the molecule is CCCCc1nc(Cl)c(CO)n1C(CCC)c1nc(Cl)c(CO)n1Cc1ccc(-c2ccccc2-c2nn[nH]n2)cc1. The average Bonchev–Trinajstić information content (AvgIpc) is 3.73. The maximum absolute atomic E-state index is 10.3. The lowest BCUT2D eigenvalue weighted by Crippen LogP contribution is -2.22. The number of aromatic amines is 1. The van der Waals surface area contributed by atoms with Gasteiger partial charge < -0.3 is 19.3 Å². The minimum atomic E-state index is -0.275. The van der Waals surface area contributed by atoms with Gasteiger partial charge in [-0.25, -0.2) is 9.97 Å². The van der Waals surface area contributed by atoms with Crippen LogP contribution in [0.15, 0.2) is 48.5 Å². The smallest absolute Gasteiger partial charge is 0.205 e. The van der Waals surface area contributed by atoms with Crippen molar-refractivity contribution in [1.82, 2.24) is 39.7 Å². The summed E-state index contributed by atoms with van der Waals surface area (Å²) in [5.74, 6) is 2.03. The van der Waals surface area contributed by atoms with Crippen molar-refractivity contribution in [3.63, 3.8) is 0 Å². The molecular weight excluding hydrogens is 575 g/mol. The van der Waals surface area contributed by atoms with Crippen LogP contribution in [0.1, 0.15) is 74.2 Å². The van der Waals surface area contributed by atoms with Gasteiger partial charge in [-0.15, -0.1) is 10.2 Å². The number of nitrogens with one attached hydrogen (secondary N) is 1. The number of rotatable bonds is 13. The zero-order chi connectivity index (χ0) is 29.6. The van der Waals surface area contributed by atoms with E-state index in [-0.39, 0.29) is 24.4 Å². The van der Waals surface area contributed by atoms with Crippen molar-refractivity contribution in [1.29, 1.82) is 0 Å². The molecule has 0 spiro atoms. The minimum absolute atomic E-state index is 0.244. The van der Waals surface area contributed by atoms with Crippen LogP contribution >= 0.6 is 23.2 Å². The van der Waals surface area contributed by atoms with Crippen LogP contribution in [-0.2, 0) is 26.2 Å². The highest BCUT2D eigenvalue weighted by Crippen LogP contribution is 2.34. The predicted octanol–water partition coefficient (Wildman–Crippen LogP) is 6.00. The molecule has 5 rings (SSSR count). The standard InChI is InChI=1S/C30H34Cl2N8O2/c1-3-5-11-26-33-28(32)25(18-42)40(26)23(8-4-2)30-34-27(31)24(17-41)39(30)16-19-12-14-20(15-13-19)21-9-6-7-10-22(21)29-35-37-38-36-29/h6-7,9-10,12-15,23,41-42H,3-5,8,11,16-18H2,1-2H3,(H,35,36,37,38). The van der Waals surface area contributed by atoms with E-state index in [2.05, 4.69) is 63.7 Å². The summed E-state index contributed by atoms with van der Waals surface area (Å²) in [7, 11) is 0. The van der Waals surface area contributed by atoms with Crippen molar-refractivity contribution >= 4 is 23.2 Å². The molecule has 5 aromatic rings. The first kappa shape index (κ1) is 29.9. The van der Waals surface area contributed by atoms with Crippen LogP contribution in [0.5, 0.6) is 0 Å². The van der Waals surface area contributed by atoms with Gasteiger partial charge in [0.1, 0.15) is 11.6 Å². The molecular formula is C30H34Cl2N8O2. The molecule has 10 nitrogen and oxygen atoms in total. The van der Waals surface area contributed by atoms with E-state index in [9.17, 15) is 10.2 Å². The van der Waals surface area contributed by atoms with Crippen LogP contribution in [0.2, 0.25) is 10.3 Å². The Morgan fingerprint density at radius 3 is 2.24 bits per heavy atom. The summed E-state index contributed by atoms with van der Waals surface area (Å²) in [5, 5.41) is 35.6. The van der Waals surface area contributed by atoms with E-state index in [1.54, 1.807) is 0 Å².